The van der Waals surface area contributed by atoms with Gasteiger partial charge in [0.2, 0.25) is 6.79 Å². The zero-order chi connectivity index (χ0) is 17.2. The van der Waals surface area contributed by atoms with Crippen LogP contribution in [0, 0.1) is 0 Å². The molecule has 1 N–H and O–H groups in total. The number of ether oxygens (including phenoxy) is 3. The van der Waals surface area contributed by atoms with Crippen LogP contribution in [-0.4, -0.2) is 48.9 Å². The maximum Gasteiger partial charge on any atom is 0.257 e. The molecule has 1 fully saturated rings. The second-order valence-electron chi connectivity index (χ2n) is 5.86. The normalized spacial score (nSPS) is 18.3. The van der Waals surface area contributed by atoms with E-state index in [0.29, 0.717) is 35.3 Å². The quantitative estimate of drug-likeness (QED) is 0.894. The SMILES string of the molecule is COc1nccnc1N1CCC(NC(=O)c2ccc3c(c2)OCO3)C1. The number of carbonyl (C=O) groups excluding carboxylic acids is 1. The zero-order valence-corrected chi connectivity index (χ0v) is 13.8. The molecule has 0 bridgehead atoms. The summed E-state index contributed by atoms with van der Waals surface area (Å²) in [6.45, 7) is 1.63. The number of nitrogens with zero attached hydrogens (tertiary/aromatic N) is 3. The van der Waals surface area contributed by atoms with Crippen LogP contribution < -0.4 is 24.4 Å². The fourth-order valence-corrected chi connectivity index (χ4v) is 3.06. The molecule has 1 amide bonds. The van der Waals surface area contributed by atoms with Crippen LogP contribution in [0.25, 0.3) is 0 Å². The number of hydrogen-bond donors (Lipinski definition) is 1. The average molecular weight is 342 g/mol. The molecular formula is C17H18N4O4. The van der Waals surface area contributed by atoms with E-state index in [0.717, 1.165) is 13.0 Å². The molecule has 1 unspecified atom stereocenters. The van der Waals surface area contributed by atoms with Gasteiger partial charge >= 0.3 is 0 Å². The third-order valence-electron chi connectivity index (χ3n) is 4.30. The Labute approximate surface area is 144 Å². The van der Waals surface area contributed by atoms with E-state index in [9.17, 15) is 4.79 Å². The molecule has 1 aromatic heterocycles. The van der Waals surface area contributed by atoms with E-state index in [1.54, 1.807) is 37.7 Å². The Morgan fingerprint density at radius 1 is 1.28 bits per heavy atom. The first kappa shape index (κ1) is 15.5. The fraction of sp³-hybridized carbons (Fsp3) is 0.353. The summed E-state index contributed by atoms with van der Waals surface area (Å²) in [6.07, 6.45) is 4.06. The highest BCUT2D eigenvalue weighted by atomic mass is 16.7. The molecule has 0 spiro atoms. The maximum absolute atomic E-state index is 12.5. The van der Waals surface area contributed by atoms with Gasteiger partial charge in [0.05, 0.1) is 7.11 Å². The molecule has 2 aliphatic heterocycles. The highest BCUT2D eigenvalue weighted by Crippen LogP contribution is 2.32. The van der Waals surface area contributed by atoms with Crippen molar-refractivity contribution in [1.82, 2.24) is 15.3 Å². The van der Waals surface area contributed by atoms with Crippen molar-refractivity contribution < 1.29 is 19.0 Å². The average Bonchev–Trinajstić information content (AvgIpc) is 3.30. The molecule has 1 aromatic carbocycles. The minimum absolute atomic E-state index is 0.0321. The summed E-state index contributed by atoms with van der Waals surface area (Å²) < 4.78 is 15.8. The van der Waals surface area contributed by atoms with E-state index in [1.807, 2.05) is 0 Å². The van der Waals surface area contributed by atoms with E-state index in [1.165, 1.54) is 0 Å². The second kappa shape index (κ2) is 6.46. The number of methoxy groups -OCH3 is 1. The monoisotopic (exact) mass is 342 g/mol. The van der Waals surface area contributed by atoms with Gasteiger partial charge < -0.3 is 24.4 Å². The molecule has 130 valence electrons. The molecule has 3 heterocycles. The first-order valence-electron chi connectivity index (χ1n) is 8.05. The lowest BCUT2D eigenvalue weighted by atomic mass is 10.1. The van der Waals surface area contributed by atoms with E-state index < -0.39 is 0 Å². The van der Waals surface area contributed by atoms with Crippen molar-refractivity contribution in [3.8, 4) is 17.4 Å². The number of amides is 1. The van der Waals surface area contributed by atoms with Gasteiger partial charge in [-0.15, -0.1) is 0 Å². The van der Waals surface area contributed by atoms with E-state index in [2.05, 4.69) is 20.2 Å². The van der Waals surface area contributed by atoms with Gasteiger partial charge in [-0.3, -0.25) is 4.79 Å². The van der Waals surface area contributed by atoms with Gasteiger partial charge in [0.1, 0.15) is 0 Å². The molecular weight excluding hydrogens is 324 g/mol. The Balaban J connectivity index is 1.41. The topological polar surface area (TPSA) is 85.8 Å². The Hall–Kier alpha value is -3.03. The number of benzene rings is 1. The van der Waals surface area contributed by atoms with Crippen LogP contribution in [0.2, 0.25) is 0 Å². The number of aromatic nitrogens is 2. The highest BCUT2D eigenvalue weighted by Gasteiger charge is 2.28. The van der Waals surface area contributed by atoms with Crippen LogP contribution >= 0.6 is 0 Å². The Kier molecular flexibility index (Phi) is 4.01. The van der Waals surface area contributed by atoms with Gasteiger partial charge in [-0.05, 0) is 24.6 Å². The van der Waals surface area contributed by atoms with Gasteiger partial charge in [0.15, 0.2) is 17.3 Å². The first-order valence-corrected chi connectivity index (χ1v) is 8.05. The fourth-order valence-electron chi connectivity index (χ4n) is 3.06. The molecule has 8 heteroatoms. The molecule has 25 heavy (non-hydrogen) atoms. The van der Waals surface area contributed by atoms with Crippen molar-refractivity contribution in [3.63, 3.8) is 0 Å². The second-order valence-corrected chi connectivity index (χ2v) is 5.86. The van der Waals surface area contributed by atoms with E-state index in [-0.39, 0.29) is 18.7 Å². The molecule has 0 aliphatic carbocycles. The molecule has 2 aromatic rings. The smallest absolute Gasteiger partial charge is 0.257 e. The summed E-state index contributed by atoms with van der Waals surface area (Å²) in [5, 5.41) is 3.06. The molecule has 8 nitrogen and oxygen atoms in total. The number of carbonyl (C=O) groups is 1. The Morgan fingerprint density at radius 3 is 3.00 bits per heavy atom. The van der Waals surface area contributed by atoms with Crippen LogP contribution in [-0.2, 0) is 0 Å². The summed E-state index contributed by atoms with van der Waals surface area (Å²) in [6, 6.07) is 5.23. The molecule has 0 saturated carbocycles. The minimum atomic E-state index is -0.128. The van der Waals surface area contributed by atoms with Crippen LogP contribution in [0.15, 0.2) is 30.6 Å². The summed E-state index contributed by atoms with van der Waals surface area (Å²) in [7, 11) is 1.57. The van der Waals surface area contributed by atoms with E-state index >= 15 is 0 Å². The summed E-state index contributed by atoms with van der Waals surface area (Å²) >= 11 is 0. The predicted molar refractivity (Wildman–Crippen MR) is 89.2 cm³/mol. The van der Waals surface area contributed by atoms with Gasteiger partial charge in [0, 0.05) is 37.1 Å². The van der Waals surface area contributed by atoms with Crippen LogP contribution in [0.1, 0.15) is 16.8 Å². The van der Waals surface area contributed by atoms with Crippen molar-refractivity contribution in [2.24, 2.45) is 0 Å². The van der Waals surface area contributed by atoms with Gasteiger partial charge in [-0.25, -0.2) is 9.97 Å². The number of anilines is 1. The van der Waals surface area contributed by atoms with Gasteiger partial charge in [-0.2, -0.15) is 0 Å². The minimum Gasteiger partial charge on any atom is -0.478 e. The Morgan fingerprint density at radius 2 is 2.12 bits per heavy atom. The molecule has 0 radical (unpaired) electrons. The predicted octanol–water partition coefficient (Wildman–Crippen LogP) is 1.22. The third kappa shape index (κ3) is 3.02. The van der Waals surface area contributed by atoms with E-state index in [4.69, 9.17) is 14.2 Å². The lowest BCUT2D eigenvalue weighted by Crippen LogP contribution is -2.37. The van der Waals surface area contributed by atoms with Crippen molar-refractivity contribution in [2.45, 2.75) is 12.5 Å². The largest absolute Gasteiger partial charge is 0.478 e. The van der Waals surface area contributed by atoms with Crippen molar-refractivity contribution in [3.05, 3.63) is 36.2 Å². The van der Waals surface area contributed by atoms with Crippen molar-refractivity contribution >= 4 is 11.7 Å². The van der Waals surface area contributed by atoms with Crippen molar-refractivity contribution in [1.29, 1.82) is 0 Å². The lowest BCUT2D eigenvalue weighted by Gasteiger charge is -2.19. The number of rotatable bonds is 4. The molecule has 1 atom stereocenters. The van der Waals surface area contributed by atoms with Gasteiger partial charge in [-0.1, -0.05) is 0 Å². The number of hydrogen-bond acceptors (Lipinski definition) is 7. The van der Waals surface area contributed by atoms with Gasteiger partial charge in [0.25, 0.3) is 11.8 Å². The van der Waals surface area contributed by atoms with Crippen molar-refractivity contribution in [2.75, 3.05) is 31.9 Å². The van der Waals surface area contributed by atoms with Crippen LogP contribution in [0.3, 0.4) is 0 Å². The number of nitrogens with one attached hydrogen (secondary N) is 1. The summed E-state index contributed by atoms with van der Waals surface area (Å²) in [4.78, 5) is 23.1. The highest BCUT2D eigenvalue weighted by molar-refractivity contribution is 5.95. The van der Waals surface area contributed by atoms with Crippen LogP contribution in [0.4, 0.5) is 5.82 Å². The first-order chi connectivity index (χ1) is 12.2. The molecule has 4 rings (SSSR count). The molecule has 1 saturated heterocycles. The lowest BCUT2D eigenvalue weighted by molar-refractivity contribution is 0.0940. The zero-order valence-electron chi connectivity index (χ0n) is 13.8. The molecule has 2 aliphatic rings. The number of fused-ring (bicyclic) bond motifs is 1. The summed E-state index contributed by atoms with van der Waals surface area (Å²) in [5.74, 6) is 2.33. The third-order valence-corrected chi connectivity index (χ3v) is 4.30. The Bertz CT molecular complexity index is 798. The van der Waals surface area contributed by atoms with Crippen LogP contribution in [0.5, 0.6) is 17.4 Å². The summed E-state index contributed by atoms with van der Waals surface area (Å²) in [5.41, 5.74) is 0.555. The maximum atomic E-state index is 12.5. The standard InChI is InChI=1S/C17H18N4O4/c1-23-17-15(18-5-6-19-17)21-7-4-12(9-21)20-16(22)11-2-3-13-14(8-11)25-10-24-13/h2-3,5-6,8,12H,4,7,9-10H2,1H3,(H,20,22).